The van der Waals surface area contributed by atoms with Crippen LogP contribution in [-0.4, -0.2) is 11.0 Å². The molecular formula is C8H5N3. The number of nitriles is 1. The Morgan fingerprint density at radius 2 is 2.00 bits per heavy atom. The van der Waals surface area contributed by atoms with E-state index in [2.05, 4.69) is 4.79 Å². The van der Waals surface area contributed by atoms with E-state index >= 15 is 0 Å². The van der Waals surface area contributed by atoms with Gasteiger partial charge < -0.3 is 5.53 Å². The molecule has 0 aliphatic rings. The maximum atomic E-state index is 8.43. The van der Waals surface area contributed by atoms with Crippen molar-refractivity contribution in [2.45, 2.75) is 0 Å². The third-order valence-corrected chi connectivity index (χ3v) is 1.25. The van der Waals surface area contributed by atoms with Crippen molar-refractivity contribution in [1.82, 2.24) is 0 Å². The van der Waals surface area contributed by atoms with Gasteiger partial charge in [-0.2, -0.15) is 10.1 Å². The first kappa shape index (κ1) is 7.20. The normalized spacial score (nSPS) is 7.91. The van der Waals surface area contributed by atoms with Gasteiger partial charge in [-0.05, 0) is 24.3 Å². The van der Waals surface area contributed by atoms with Gasteiger partial charge in [-0.3, -0.25) is 0 Å². The number of rotatable bonds is 1. The fraction of sp³-hybridized carbons (Fsp3) is 0. The lowest BCUT2D eigenvalue weighted by Crippen LogP contribution is -1.81. The van der Waals surface area contributed by atoms with Gasteiger partial charge in [0.2, 0.25) is 0 Å². The van der Waals surface area contributed by atoms with Gasteiger partial charge in [0.05, 0.1) is 17.2 Å². The summed E-state index contributed by atoms with van der Waals surface area (Å²) in [7, 11) is 0. The van der Waals surface area contributed by atoms with E-state index in [1.54, 1.807) is 24.3 Å². The molecule has 0 aromatic heterocycles. The third kappa shape index (κ3) is 1.75. The molecule has 3 heteroatoms. The van der Waals surface area contributed by atoms with Crippen molar-refractivity contribution in [1.29, 1.82) is 5.26 Å². The van der Waals surface area contributed by atoms with E-state index in [4.69, 9.17) is 10.8 Å². The maximum Gasteiger partial charge on any atom is 0.287 e. The van der Waals surface area contributed by atoms with Crippen molar-refractivity contribution >= 4 is 6.21 Å². The molecule has 0 saturated heterocycles. The van der Waals surface area contributed by atoms with Crippen LogP contribution in [0.5, 0.6) is 0 Å². The van der Waals surface area contributed by atoms with Gasteiger partial charge in [-0.15, -0.1) is 0 Å². The molecule has 0 saturated carbocycles. The monoisotopic (exact) mass is 143 g/mol. The average Bonchev–Trinajstić information content (AvgIpc) is 2.07. The minimum atomic E-state index is 0.597. The molecule has 0 spiro atoms. The van der Waals surface area contributed by atoms with E-state index < -0.39 is 0 Å². The fourth-order valence-corrected chi connectivity index (χ4v) is 0.710. The number of hydrogen-bond acceptors (Lipinski definition) is 1. The third-order valence-electron chi connectivity index (χ3n) is 1.25. The maximum absolute atomic E-state index is 8.43. The van der Waals surface area contributed by atoms with Crippen LogP contribution in [0.2, 0.25) is 0 Å². The predicted octanol–water partition coefficient (Wildman–Crippen LogP) is 1.21. The Kier molecular flexibility index (Phi) is 2.16. The van der Waals surface area contributed by atoms with Crippen molar-refractivity contribution in [3.63, 3.8) is 0 Å². The molecule has 0 bridgehead atoms. The SMILES string of the molecule is N#Cc1ccc(C=[N+]=[N-])cc1. The summed E-state index contributed by atoms with van der Waals surface area (Å²) in [5.41, 5.74) is 9.52. The van der Waals surface area contributed by atoms with Crippen molar-refractivity contribution < 1.29 is 4.79 Å². The molecule has 1 rings (SSSR count). The quantitative estimate of drug-likeness (QED) is 0.331. The lowest BCUT2D eigenvalue weighted by molar-refractivity contribution is 0.00456. The van der Waals surface area contributed by atoms with Crippen LogP contribution in [-0.2, 0) is 0 Å². The molecule has 52 valence electrons. The zero-order valence-electron chi connectivity index (χ0n) is 5.73. The van der Waals surface area contributed by atoms with Gasteiger partial charge in [0, 0.05) is 0 Å². The molecule has 0 radical (unpaired) electrons. The summed E-state index contributed by atoms with van der Waals surface area (Å²) >= 11 is 0. The van der Waals surface area contributed by atoms with Crippen LogP contribution >= 0.6 is 0 Å². The summed E-state index contributed by atoms with van der Waals surface area (Å²) in [4.78, 5) is 2.85. The van der Waals surface area contributed by atoms with Crippen LogP contribution in [0, 0.1) is 11.3 Å². The van der Waals surface area contributed by atoms with Crippen LogP contribution in [0.15, 0.2) is 24.3 Å². The summed E-state index contributed by atoms with van der Waals surface area (Å²) in [5.74, 6) is 0. The van der Waals surface area contributed by atoms with Crippen LogP contribution in [0.3, 0.4) is 0 Å². The van der Waals surface area contributed by atoms with Crippen LogP contribution in [0.1, 0.15) is 11.1 Å². The van der Waals surface area contributed by atoms with E-state index in [1.165, 1.54) is 6.21 Å². The van der Waals surface area contributed by atoms with Gasteiger partial charge in [-0.25, -0.2) is 0 Å². The lowest BCUT2D eigenvalue weighted by Gasteiger charge is -1.85. The fourth-order valence-electron chi connectivity index (χ4n) is 0.710. The second kappa shape index (κ2) is 3.31. The Balaban J connectivity index is 3.02. The average molecular weight is 143 g/mol. The Labute approximate surface area is 64.1 Å². The molecule has 3 nitrogen and oxygen atoms in total. The van der Waals surface area contributed by atoms with E-state index in [9.17, 15) is 0 Å². The van der Waals surface area contributed by atoms with Gasteiger partial charge in [0.1, 0.15) is 0 Å². The largest absolute Gasteiger partial charge is 0.361 e. The molecule has 0 N–H and O–H groups in total. The first-order valence-corrected chi connectivity index (χ1v) is 3.04. The standard InChI is InChI=1S/C8H5N3/c9-5-7-1-3-8(4-2-7)6-11-10/h1-4,6H. The number of benzene rings is 1. The predicted molar refractivity (Wildman–Crippen MR) is 39.9 cm³/mol. The zero-order chi connectivity index (χ0) is 8.10. The highest BCUT2D eigenvalue weighted by Crippen LogP contribution is 1.99. The Morgan fingerprint density at radius 3 is 2.45 bits per heavy atom. The summed E-state index contributed by atoms with van der Waals surface area (Å²) < 4.78 is 0. The second-order valence-electron chi connectivity index (χ2n) is 1.98. The highest BCUT2D eigenvalue weighted by Gasteiger charge is 1.91. The molecule has 0 fully saturated rings. The Morgan fingerprint density at radius 1 is 1.36 bits per heavy atom. The molecule has 11 heavy (non-hydrogen) atoms. The molecule has 0 aliphatic carbocycles. The minimum Gasteiger partial charge on any atom is -0.361 e. The van der Waals surface area contributed by atoms with Gasteiger partial charge >= 0.3 is 0 Å². The van der Waals surface area contributed by atoms with Crippen molar-refractivity contribution in [3.05, 3.63) is 40.9 Å². The lowest BCUT2D eigenvalue weighted by atomic mass is 10.2. The van der Waals surface area contributed by atoms with Crippen molar-refractivity contribution in [2.75, 3.05) is 0 Å². The van der Waals surface area contributed by atoms with Gasteiger partial charge in [0.25, 0.3) is 6.21 Å². The Bertz CT molecular complexity index is 325. The van der Waals surface area contributed by atoms with E-state index in [-0.39, 0.29) is 0 Å². The molecule has 1 aromatic carbocycles. The number of hydrogen-bond donors (Lipinski definition) is 0. The van der Waals surface area contributed by atoms with E-state index in [1.807, 2.05) is 6.07 Å². The summed E-state index contributed by atoms with van der Waals surface area (Å²) in [6.07, 6.45) is 1.31. The number of nitrogens with zero attached hydrogens (tertiary/aromatic N) is 3. The van der Waals surface area contributed by atoms with E-state index in [0.29, 0.717) is 5.56 Å². The molecule has 0 atom stereocenters. The zero-order valence-corrected chi connectivity index (χ0v) is 5.73. The smallest absolute Gasteiger partial charge is 0.287 e. The first-order valence-electron chi connectivity index (χ1n) is 3.04. The molecule has 1 aromatic rings. The minimum absolute atomic E-state index is 0.597. The molecular weight excluding hydrogens is 138 g/mol. The highest BCUT2D eigenvalue weighted by atomic mass is 14.8. The van der Waals surface area contributed by atoms with Crippen LogP contribution in [0.25, 0.3) is 5.53 Å². The van der Waals surface area contributed by atoms with Crippen molar-refractivity contribution in [3.8, 4) is 6.07 Å². The van der Waals surface area contributed by atoms with Gasteiger partial charge in [0.15, 0.2) is 0 Å². The molecule has 0 heterocycles. The summed E-state index contributed by atoms with van der Waals surface area (Å²) in [6, 6.07) is 8.73. The second-order valence-corrected chi connectivity index (χ2v) is 1.98. The van der Waals surface area contributed by atoms with Gasteiger partial charge in [-0.1, -0.05) is 0 Å². The molecule has 0 aliphatic heterocycles. The Hall–Kier alpha value is -1.91. The first-order chi connectivity index (χ1) is 5.36. The topological polar surface area (TPSA) is 60.2 Å². The molecule has 0 amide bonds. The molecule has 0 unspecified atom stereocenters. The van der Waals surface area contributed by atoms with Crippen LogP contribution in [0.4, 0.5) is 0 Å². The van der Waals surface area contributed by atoms with Crippen LogP contribution < -0.4 is 0 Å². The van der Waals surface area contributed by atoms with Crippen molar-refractivity contribution in [2.24, 2.45) is 0 Å². The van der Waals surface area contributed by atoms with E-state index in [0.717, 1.165) is 5.56 Å². The highest BCUT2D eigenvalue weighted by molar-refractivity contribution is 5.75. The summed E-state index contributed by atoms with van der Waals surface area (Å²) in [6.45, 7) is 0. The summed E-state index contributed by atoms with van der Waals surface area (Å²) in [5, 5.41) is 8.43.